The number of ether oxygens (including phenoxy) is 2. The molecule has 0 saturated heterocycles. The van der Waals surface area contributed by atoms with Crippen LogP contribution >= 0.6 is 0 Å². The molecule has 0 aliphatic rings. The molecule has 0 bridgehead atoms. The van der Waals surface area contributed by atoms with Gasteiger partial charge in [-0.3, -0.25) is 10.1 Å². The Labute approximate surface area is 99.5 Å². The topological polar surface area (TPSA) is 87.6 Å². The molecule has 2 N–H and O–H groups in total. The fourth-order valence-corrected chi connectivity index (χ4v) is 1.29. The van der Waals surface area contributed by atoms with Crippen molar-refractivity contribution in [2.75, 3.05) is 18.9 Å². The molecule has 0 aliphatic heterocycles. The van der Waals surface area contributed by atoms with Crippen molar-refractivity contribution in [2.24, 2.45) is 0 Å². The zero-order chi connectivity index (χ0) is 12.8. The number of nitrogen functional groups attached to an aromatic ring is 1. The third-order valence-electron chi connectivity index (χ3n) is 2.09. The lowest BCUT2D eigenvalue weighted by atomic mass is 10.2. The van der Waals surface area contributed by atoms with E-state index < -0.39 is 4.92 Å². The molecule has 0 aromatic heterocycles. The Hall–Kier alpha value is -1.82. The number of non-ortho nitro benzene ring substituents is 1. The molecule has 1 unspecified atom stereocenters. The molecule has 0 amide bonds. The average molecular weight is 240 g/mol. The first-order valence-electron chi connectivity index (χ1n) is 5.33. The Morgan fingerprint density at radius 3 is 2.76 bits per heavy atom. The van der Waals surface area contributed by atoms with E-state index in [9.17, 15) is 10.1 Å². The van der Waals surface area contributed by atoms with E-state index in [1.807, 2.05) is 13.8 Å². The van der Waals surface area contributed by atoms with Gasteiger partial charge in [-0.1, -0.05) is 0 Å². The molecule has 17 heavy (non-hydrogen) atoms. The van der Waals surface area contributed by atoms with Crippen LogP contribution in [0, 0.1) is 10.1 Å². The van der Waals surface area contributed by atoms with E-state index in [0.717, 1.165) is 0 Å². The van der Waals surface area contributed by atoms with Crippen LogP contribution < -0.4 is 10.5 Å². The highest BCUT2D eigenvalue weighted by Crippen LogP contribution is 2.27. The Kier molecular flexibility index (Phi) is 4.71. The summed E-state index contributed by atoms with van der Waals surface area (Å²) < 4.78 is 10.7. The van der Waals surface area contributed by atoms with Crippen molar-refractivity contribution >= 4 is 11.4 Å². The Morgan fingerprint density at radius 2 is 2.24 bits per heavy atom. The first-order chi connectivity index (χ1) is 8.04. The van der Waals surface area contributed by atoms with Gasteiger partial charge >= 0.3 is 0 Å². The smallest absolute Gasteiger partial charge is 0.271 e. The lowest BCUT2D eigenvalue weighted by Gasteiger charge is -2.15. The summed E-state index contributed by atoms with van der Waals surface area (Å²) in [5, 5.41) is 10.5. The molecular formula is C11H16N2O4. The third kappa shape index (κ3) is 3.92. The summed E-state index contributed by atoms with van der Waals surface area (Å²) in [6.45, 7) is 4.81. The number of nitro benzene ring substituents is 1. The number of anilines is 1. The van der Waals surface area contributed by atoms with E-state index in [1.165, 1.54) is 18.2 Å². The Bertz CT molecular complexity index is 395. The molecule has 6 heteroatoms. The molecule has 0 aliphatic carbocycles. The van der Waals surface area contributed by atoms with Crippen molar-refractivity contribution in [3.05, 3.63) is 28.3 Å². The molecule has 6 nitrogen and oxygen atoms in total. The molecule has 0 heterocycles. The van der Waals surface area contributed by atoms with Crippen LogP contribution in [0.2, 0.25) is 0 Å². The van der Waals surface area contributed by atoms with Crippen LogP contribution in [0.15, 0.2) is 18.2 Å². The predicted molar refractivity (Wildman–Crippen MR) is 64.1 cm³/mol. The monoisotopic (exact) mass is 240 g/mol. The van der Waals surface area contributed by atoms with Crippen LogP contribution in [-0.4, -0.2) is 24.2 Å². The lowest BCUT2D eigenvalue weighted by Crippen LogP contribution is -2.19. The zero-order valence-corrected chi connectivity index (χ0v) is 9.88. The minimum absolute atomic E-state index is 0.0488. The summed E-state index contributed by atoms with van der Waals surface area (Å²) in [6, 6.07) is 4.14. The maximum Gasteiger partial charge on any atom is 0.271 e. The lowest BCUT2D eigenvalue weighted by molar-refractivity contribution is -0.384. The molecule has 1 aromatic carbocycles. The number of benzene rings is 1. The number of rotatable bonds is 6. The highest BCUT2D eigenvalue weighted by atomic mass is 16.6. The summed E-state index contributed by atoms with van der Waals surface area (Å²) in [4.78, 5) is 10.0. The summed E-state index contributed by atoms with van der Waals surface area (Å²) in [6.07, 6.45) is -0.154. The molecule has 0 radical (unpaired) electrons. The van der Waals surface area contributed by atoms with Crippen molar-refractivity contribution < 1.29 is 14.4 Å². The van der Waals surface area contributed by atoms with Crippen molar-refractivity contribution in [1.29, 1.82) is 0 Å². The van der Waals surface area contributed by atoms with Crippen molar-refractivity contribution in [1.82, 2.24) is 0 Å². The molecule has 1 atom stereocenters. The van der Waals surface area contributed by atoms with Gasteiger partial charge in [-0.05, 0) is 19.9 Å². The van der Waals surface area contributed by atoms with Gasteiger partial charge in [0.05, 0.1) is 17.2 Å². The maximum absolute atomic E-state index is 10.5. The SMILES string of the molecule is CCOCC(C)Oc1ccc([N+](=O)[O-])cc1N. The Balaban J connectivity index is 2.69. The number of nitrogens with two attached hydrogens (primary N) is 1. The number of hydrogen-bond acceptors (Lipinski definition) is 5. The zero-order valence-electron chi connectivity index (χ0n) is 9.88. The largest absolute Gasteiger partial charge is 0.486 e. The van der Waals surface area contributed by atoms with Crippen LogP contribution in [0.25, 0.3) is 0 Å². The minimum Gasteiger partial charge on any atom is -0.486 e. The first kappa shape index (κ1) is 13.2. The Morgan fingerprint density at radius 1 is 1.53 bits per heavy atom. The summed E-state index contributed by atoms with van der Waals surface area (Å²) >= 11 is 0. The number of nitro groups is 1. The van der Waals surface area contributed by atoms with Crippen molar-refractivity contribution in [3.63, 3.8) is 0 Å². The van der Waals surface area contributed by atoms with E-state index in [0.29, 0.717) is 19.0 Å². The maximum atomic E-state index is 10.5. The highest BCUT2D eigenvalue weighted by Gasteiger charge is 2.11. The quantitative estimate of drug-likeness (QED) is 0.466. The van der Waals surface area contributed by atoms with Crippen LogP contribution in [0.5, 0.6) is 5.75 Å². The second-order valence-corrected chi connectivity index (χ2v) is 3.57. The van der Waals surface area contributed by atoms with E-state index in [1.54, 1.807) is 0 Å². The molecule has 0 spiro atoms. The van der Waals surface area contributed by atoms with Crippen LogP contribution in [-0.2, 0) is 4.74 Å². The van der Waals surface area contributed by atoms with Gasteiger partial charge in [-0.25, -0.2) is 0 Å². The van der Waals surface area contributed by atoms with Gasteiger partial charge < -0.3 is 15.2 Å². The first-order valence-corrected chi connectivity index (χ1v) is 5.33. The average Bonchev–Trinajstić information content (AvgIpc) is 2.28. The van der Waals surface area contributed by atoms with Gasteiger partial charge in [0, 0.05) is 18.7 Å². The van der Waals surface area contributed by atoms with Crippen LogP contribution in [0.4, 0.5) is 11.4 Å². The second-order valence-electron chi connectivity index (χ2n) is 3.57. The molecule has 0 saturated carbocycles. The number of nitrogens with zero attached hydrogens (tertiary/aromatic N) is 1. The van der Waals surface area contributed by atoms with Gasteiger partial charge in [-0.2, -0.15) is 0 Å². The molecule has 94 valence electrons. The van der Waals surface area contributed by atoms with Gasteiger partial charge in [0.25, 0.3) is 5.69 Å². The van der Waals surface area contributed by atoms with Crippen molar-refractivity contribution in [3.8, 4) is 5.75 Å². The van der Waals surface area contributed by atoms with E-state index >= 15 is 0 Å². The molecule has 1 rings (SSSR count). The van der Waals surface area contributed by atoms with Crippen LogP contribution in [0.3, 0.4) is 0 Å². The fourth-order valence-electron chi connectivity index (χ4n) is 1.29. The predicted octanol–water partition coefficient (Wildman–Crippen LogP) is 1.98. The third-order valence-corrected chi connectivity index (χ3v) is 2.09. The standard InChI is InChI=1S/C11H16N2O4/c1-3-16-7-8(2)17-11-5-4-9(13(14)15)6-10(11)12/h4-6,8H,3,7,12H2,1-2H3. The summed E-state index contributed by atoms with van der Waals surface area (Å²) in [5.74, 6) is 0.433. The van der Waals surface area contributed by atoms with Gasteiger partial charge in [-0.15, -0.1) is 0 Å². The van der Waals surface area contributed by atoms with Gasteiger partial charge in [0.15, 0.2) is 0 Å². The summed E-state index contributed by atoms with van der Waals surface area (Å²) in [5.41, 5.74) is 5.87. The van der Waals surface area contributed by atoms with Gasteiger partial charge in [0.2, 0.25) is 0 Å². The van der Waals surface area contributed by atoms with Crippen molar-refractivity contribution in [2.45, 2.75) is 20.0 Å². The van der Waals surface area contributed by atoms with Gasteiger partial charge in [0.1, 0.15) is 11.9 Å². The highest BCUT2D eigenvalue weighted by molar-refractivity contribution is 5.58. The normalized spacial score (nSPS) is 12.1. The number of hydrogen-bond donors (Lipinski definition) is 1. The minimum atomic E-state index is -0.496. The summed E-state index contributed by atoms with van der Waals surface area (Å²) in [7, 11) is 0. The second kappa shape index (κ2) is 6.05. The molecule has 0 fully saturated rings. The van der Waals surface area contributed by atoms with E-state index in [4.69, 9.17) is 15.2 Å². The fraction of sp³-hybridized carbons (Fsp3) is 0.455. The molecular weight excluding hydrogens is 224 g/mol. The molecule has 1 aromatic rings. The van der Waals surface area contributed by atoms with E-state index in [2.05, 4.69) is 0 Å². The van der Waals surface area contributed by atoms with E-state index in [-0.39, 0.29) is 17.5 Å². The van der Waals surface area contributed by atoms with Crippen LogP contribution in [0.1, 0.15) is 13.8 Å².